The van der Waals surface area contributed by atoms with Gasteiger partial charge in [0.25, 0.3) is 0 Å². The molecule has 1 aromatic rings. The van der Waals surface area contributed by atoms with E-state index in [1.54, 1.807) is 13.1 Å². The Morgan fingerprint density at radius 2 is 2.15 bits per heavy atom. The van der Waals surface area contributed by atoms with Crippen LogP contribution >= 0.6 is 0 Å². The molecule has 0 aliphatic rings. The standard InChI is InChI=1S/C10H15N2O/c1-8(2)6-12-7-10(5-11-12)4-9(3)13/h5,7H,4,6H2,1-3H3. The summed E-state index contributed by atoms with van der Waals surface area (Å²) < 4.78 is 1.85. The van der Waals surface area contributed by atoms with Crippen molar-refractivity contribution in [2.24, 2.45) is 0 Å². The molecule has 0 saturated carbocycles. The summed E-state index contributed by atoms with van der Waals surface area (Å²) in [5.41, 5.74) is 0.994. The van der Waals surface area contributed by atoms with Gasteiger partial charge >= 0.3 is 0 Å². The molecule has 0 fully saturated rings. The van der Waals surface area contributed by atoms with Gasteiger partial charge in [0.2, 0.25) is 0 Å². The molecule has 0 atom stereocenters. The number of carbonyl (C=O) groups excluding carboxylic acids is 1. The fourth-order valence-electron chi connectivity index (χ4n) is 1.20. The number of nitrogens with zero attached hydrogens (tertiary/aromatic N) is 2. The predicted molar refractivity (Wildman–Crippen MR) is 51.2 cm³/mol. The molecule has 0 aliphatic heterocycles. The third-order valence-corrected chi connectivity index (χ3v) is 1.62. The topological polar surface area (TPSA) is 34.9 Å². The molecule has 1 rings (SSSR count). The Morgan fingerprint density at radius 1 is 1.46 bits per heavy atom. The van der Waals surface area contributed by atoms with E-state index in [-0.39, 0.29) is 5.78 Å². The van der Waals surface area contributed by atoms with Crippen molar-refractivity contribution in [3.05, 3.63) is 23.9 Å². The SMILES string of the molecule is C[C](C)Cn1cc(CC(C)=O)cn1. The van der Waals surface area contributed by atoms with Crippen molar-refractivity contribution in [2.75, 3.05) is 0 Å². The van der Waals surface area contributed by atoms with E-state index in [1.165, 1.54) is 5.92 Å². The van der Waals surface area contributed by atoms with Crippen LogP contribution in [0.1, 0.15) is 26.3 Å². The molecule has 0 aliphatic carbocycles. The van der Waals surface area contributed by atoms with Crippen molar-refractivity contribution in [1.82, 2.24) is 9.78 Å². The van der Waals surface area contributed by atoms with Gasteiger partial charge in [-0.15, -0.1) is 0 Å². The molecule has 1 radical (unpaired) electrons. The first-order valence-electron chi connectivity index (χ1n) is 4.37. The minimum Gasteiger partial charge on any atom is -0.300 e. The fraction of sp³-hybridized carbons (Fsp3) is 0.500. The van der Waals surface area contributed by atoms with Gasteiger partial charge in [-0.3, -0.25) is 9.48 Å². The van der Waals surface area contributed by atoms with Crippen LogP contribution in [0.25, 0.3) is 0 Å². The van der Waals surface area contributed by atoms with Crippen LogP contribution in [0.15, 0.2) is 12.4 Å². The van der Waals surface area contributed by atoms with Crippen LogP contribution < -0.4 is 0 Å². The van der Waals surface area contributed by atoms with Crippen molar-refractivity contribution in [1.29, 1.82) is 0 Å². The molecule has 0 N–H and O–H groups in total. The summed E-state index contributed by atoms with van der Waals surface area (Å²) in [6.45, 7) is 6.55. The molecular formula is C10H15N2O. The van der Waals surface area contributed by atoms with Crippen molar-refractivity contribution in [2.45, 2.75) is 33.7 Å². The number of hydrogen-bond acceptors (Lipinski definition) is 2. The summed E-state index contributed by atoms with van der Waals surface area (Å²) >= 11 is 0. The van der Waals surface area contributed by atoms with Crippen molar-refractivity contribution in [3.8, 4) is 0 Å². The third kappa shape index (κ3) is 3.40. The normalized spacial score (nSPS) is 10.8. The summed E-state index contributed by atoms with van der Waals surface area (Å²) in [6.07, 6.45) is 4.17. The van der Waals surface area contributed by atoms with E-state index in [0.29, 0.717) is 6.42 Å². The second-order valence-corrected chi connectivity index (χ2v) is 3.63. The lowest BCUT2D eigenvalue weighted by molar-refractivity contribution is -0.116. The van der Waals surface area contributed by atoms with Crippen LogP contribution in [0, 0.1) is 5.92 Å². The first-order chi connectivity index (χ1) is 6.08. The quantitative estimate of drug-likeness (QED) is 0.704. The van der Waals surface area contributed by atoms with Crippen LogP contribution in [0.2, 0.25) is 0 Å². The molecule has 0 aromatic carbocycles. The minimum absolute atomic E-state index is 0.178. The smallest absolute Gasteiger partial charge is 0.134 e. The highest BCUT2D eigenvalue weighted by molar-refractivity contribution is 5.77. The lowest BCUT2D eigenvalue weighted by Gasteiger charge is -2.02. The Kier molecular flexibility index (Phi) is 3.23. The van der Waals surface area contributed by atoms with Gasteiger partial charge in [-0.05, 0) is 18.4 Å². The molecule has 0 spiro atoms. The van der Waals surface area contributed by atoms with Gasteiger partial charge in [0.1, 0.15) is 5.78 Å². The third-order valence-electron chi connectivity index (χ3n) is 1.62. The van der Waals surface area contributed by atoms with Crippen LogP contribution in [-0.4, -0.2) is 15.6 Å². The second kappa shape index (κ2) is 4.21. The van der Waals surface area contributed by atoms with Gasteiger partial charge in [0.05, 0.1) is 6.20 Å². The molecular weight excluding hydrogens is 164 g/mol. The first kappa shape index (κ1) is 9.96. The Morgan fingerprint density at radius 3 is 2.69 bits per heavy atom. The molecule has 1 aromatic heterocycles. The second-order valence-electron chi connectivity index (χ2n) is 3.63. The maximum Gasteiger partial charge on any atom is 0.134 e. The Hall–Kier alpha value is -1.12. The Bertz CT molecular complexity index is 289. The van der Waals surface area contributed by atoms with E-state index in [9.17, 15) is 4.79 Å². The van der Waals surface area contributed by atoms with Gasteiger partial charge < -0.3 is 0 Å². The molecule has 3 nitrogen and oxygen atoms in total. The monoisotopic (exact) mass is 179 g/mol. The van der Waals surface area contributed by atoms with E-state index in [1.807, 2.05) is 10.9 Å². The minimum atomic E-state index is 0.178. The average Bonchev–Trinajstić information content (AvgIpc) is 2.33. The zero-order valence-electron chi connectivity index (χ0n) is 8.37. The van der Waals surface area contributed by atoms with Crippen LogP contribution in [0.4, 0.5) is 0 Å². The number of Topliss-reactive ketones (excluding diaryl/α,β-unsaturated/α-hetero) is 1. The Labute approximate surface area is 78.8 Å². The highest BCUT2D eigenvalue weighted by Gasteiger charge is 2.02. The van der Waals surface area contributed by atoms with Crippen molar-refractivity contribution >= 4 is 5.78 Å². The lowest BCUT2D eigenvalue weighted by Crippen LogP contribution is -2.02. The molecule has 0 bridgehead atoms. The summed E-state index contributed by atoms with van der Waals surface area (Å²) in [4.78, 5) is 10.8. The summed E-state index contributed by atoms with van der Waals surface area (Å²) in [6, 6.07) is 0. The number of aromatic nitrogens is 2. The van der Waals surface area contributed by atoms with Crippen LogP contribution in [0.3, 0.4) is 0 Å². The molecule has 71 valence electrons. The molecule has 0 amide bonds. The fourth-order valence-corrected chi connectivity index (χ4v) is 1.20. The Balaban J connectivity index is 2.58. The zero-order valence-corrected chi connectivity index (χ0v) is 8.37. The number of rotatable bonds is 4. The van der Waals surface area contributed by atoms with Crippen LogP contribution in [0.5, 0.6) is 0 Å². The highest BCUT2D eigenvalue weighted by Crippen LogP contribution is 2.04. The van der Waals surface area contributed by atoms with E-state index in [4.69, 9.17) is 0 Å². The molecule has 0 unspecified atom stereocenters. The number of carbonyl (C=O) groups is 1. The summed E-state index contributed by atoms with van der Waals surface area (Å²) in [7, 11) is 0. The molecule has 13 heavy (non-hydrogen) atoms. The van der Waals surface area contributed by atoms with Crippen molar-refractivity contribution in [3.63, 3.8) is 0 Å². The van der Waals surface area contributed by atoms with Crippen LogP contribution in [-0.2, 0) is 17.8 Å². The maximum atomic E-state index is 10.8. The van der Waals surface area contributed by atoms with E-state index in [2.05, 4.69) is 18.9 Å². The number of ketones is 1. The van der Waals surface area contributed by atoms with E-state index in [0.717, 1.165) is 12.1 Å². The molecule has 1 heterocycles. The largest absolute Gasteiger partial charge is 0.300 e. The lowest BCUT2D eigenvalue weighted by atomic mass is 10.2. The van der Waals surface area contributed by atoms with E-state index < -0.39 is 0 Å². The van der Waals surface area contributed by atoms with Gasteiger partial charge in [-0.1, -0.05) is 13.8 Å². The number of hydrogen-bond donors (Lipinski definition) is 0. The highest BCUT2D eigenvalue weighted by atomic mass is 16.1. The van der Waals surface area contributed by atoms with Gasteiger partial charge in [-0.2, -0.15) is 5.10 Å². The zero-order chi connectivity index (χ0) is 9.84. The summed E-state index contributed by atoms with van der Waals surface area (Å²) in [5, 5.41) is 4.15. The maximum absolute atomic E-state index is 10.8. The molecule has 3 heteroatoms. The van der Waals surface area contributed by atoms with Crippen molar-refractivity contribution < 1.29 is 4.79 Å². The molecule has 0 saturated heterocycles. The summed E-state index contributed by atoms with van der Waals surface area (Å²) in [5.74, 6) is 1.48. The first-order valence-corrected chi connectivity index (χ1v) is 4.37. The van der Waals surface area contributed by atoms with Gasteiger partial charge in [0, 0.05) is 19.2 Å². The van der Waals surface area contributed by atoms with Gasteiger partial charge in [-0.25, -0.2) is 0 Å². The predicted octanol–water partition coefficient (Wildman–Crippen LogP) is 1.63. The average molecular weight is 179 g/mol. The van der Waals surface area contributed by atoms with Gasteiger partial charge in [0.15, 0.2) is 0 Å². The van der Waals surface area contributed by atoms with E-state index >= 15 is 0 Å².